The van der Waals surface area contributed by atoms with Crippen LogP contribution < -0.4 is 0 Å². The zero-order valence-corrected chi connectivity index (χ0v) is 21.8. The van der Waals surface area contributed by atoms with Gasteiger partial charge in [-0.2, -0.15) is 0 Å². The highest BCUT2D eigenvalue weighted by molar-refractivity contribution is 6.76. The summed E-state index contributed by atoms with van der Waals surface area (Å²) in [7, 11) is -1.20. The van der Waals surface area contributed by atoms with Gasteiger partial charge in [0, 0.05) is 21.2 Å². The lowest BCUT2D eigenvalue weighted by molar-refractivity contribution is -0.104. The molecule has 1 aromatic carbocycles. The lowest BCUT2D eigenvalue weighted by atomic mass is 10.2. The van der Waals surface area contributed by atoms with Gasteiger partial charge in [-0.15, -0.1) is 0 Å². The number of fused-ring (bicyclic) bond motifs is 1. The van der Waals surface area contributed by atoms with Crippen LogP contribution in [0, 0.1) is 0 Å². The van der Waals surface area contributed by atoms with E-state index in [1.165, 1.54) is 6.08 Å². The number of benzene rings is 1. The van der Waals surface area contributed by atoms with Crippen LogP contribution in [0.25, 0.3) is 17.1 Å². The molecule has 1 saturated heterocycles. The number of ether oxygens (including phenoxy) is 2. The smallest absolute Gasteiger partial charge is 0.410 e. The highest BCUT2D eigenvalue weighted by atomic mass is 28.3. The van der Waals surface area contributed by atoms with E-state index in [-0.39, 0.29) is 12.1 Å². The van der Waals surface area contributed by atoms with Crippen molar-refractivity contribution in [3.05, 3.63) is 35.7 Å². The van der Waals surface area contributed by atoms with Crippen molar-refractivity contribution in [3.8, 4) is 0 Å². The number of imidazole rings is 1. The first-order chi connectivity index (χ1) is 15.5. The number of nitrogens with zero attached hydrogens (tertiary/aromatic N) is 3. The average molecular weight is 472 g/mol. The van der Waals surface area contributed by atoms with E-state index < -0.39 is 13.7 Å². The predicted molar refractivity (Wildman–Crippen MR) is 134 cm³/mol. The number of aldehydes is 1. The van der Waals surface area contributed by atoms with E-state index in [1.54, 1.807) is 11.0 Å². The molecule has 7 nitrogen and oxygen atoms in total. The van der Waals surface area contributed by atoms with Crippen LogP contribution in [0.5, 0.6) is 0 Å². The number of allylic oxidation sites excluding steroid dienone is 1. The van der Waals surface area contributed by atoms with E-state index in [9.17, 15) is 9.59 Å². The molecule has 1 aliphatic rings. The molecule has 1 aliphatic heterocycles. The molecule has 0 N–H and O–H groups in total. The summed E-state index contributed by atoms with van der Waals surface area (Å²) in [5.41, 5.74) is 2.13. The standard InChI is InChI=1S/C25H37N3O4Si/c1-25(2,3)32-24(30)27-13-7-10-22(27)23-26-20-17-19(9-8-14-29)11-12-21(20)28(23)18-31-15-16-33(4,5)6/h8-9,11-12,14,17,22H,7,10,13,15-16,18H2,1-6H3/t22-/m0/s1. The van der Waals surface area contributed by atoms with Crippen molar-refractivity contribution in [2.75, 3.05) is 13.2 Å². The number of carbonyl (C=O) groups excluding carboxylic acids is 2. The van der Waals surface area contributed by atoms with E-state index in [0.717, 1.165) is 47.6 Å². The number of hydrogen-bond donors (Lipinski definition) is 0. The topological polar surface area (TPSA) is 73.7 Å². The number of aromatic nitrogens is 2. The molecule has 1 fully saturated rings. The summed E-state index contributed by atoms with van der Waals surface area (Å²) in [4.78, 5) is 30.4. The Labute approximate surface area is 197 Å². The fraction of sp³-hybridized carbons (Fsp3) is 0.560. The lowest BCUT2D eigenvalue weighted by Crippen LogP contribution is -2.37. The molecular weight excluding hydrogens is 434 g/mol. The Kier molecular flexibility index (Phi) is 7.79. The monoisotopic (exact) mass is 471 g/mol. The van der Waals surface area contributed by atoms with Gasteiger partial charge >= 0.3 is 6.09 Å². The molecule has 0 bridgehead atoms. The van der Waals surface area contributed by atoms with Crippen molar-refractivity contribution in [2.45, 2.75) is 77.7 Å². The molecule has 1 aromatic heterocycles. The van der Waals surface area contributed by atoms with Gasteiger partial charge < -0.3 is 14.0 Å². The average Bonchev–Trinajstić information content (AvgIpc) is 3.32. The molecule has 0 aliphatic carbocycles. The van der Waals surface area contributed by atoms with Crippen molar-refractivity contribution in [2.24, 2.45) is 0 Å². The highest BCUT2D eigenvalue weighted by Crippen LogP contribution is 2.35. The zero-order chi connectivity index (χ0) is 24.2. The van der Waals surface area contributed by atoms with Gasteiger partial charge in [-0.25, -0.2) is 9.78 Å². The van der Waals surface area contributed by atoms with Crippen LogP contribution in [0.3, 0.4) is 0 Å². The molecule has 0 unspecified atom stereocenters. The molecule has 0 radical (unpaired) electrons. The van der Waals surface area contributed by atoms with Gasteiger partial charge in [0.25, 0.3) is 0 Å². The maximum atomic E-state index is 12.9. The molecule has 2 heterocycles. The quantitative estimate of drug-likeness (QED) is 0.216. The summed E-state index contributed by atoms with van der Waals surface area (Å²) in [5.74, 6) is 0.817. The first kappa shape index (κ1) is 25.2. The van der Waals surface area contributed by atoms with Gasteiger partial charge in [0.1, 0.15) is 24.4 Å². The number of likely N-dealkylation sites (tertiary alicyclic amines) is 1. The Hall–Kier alpha value is -2.45. The predicted octanol–water partition coefficient (Wildman–Crippen LogP) is 5.63. The van der Waals surface area contributed by atoms with Gasteiger partial charge in [0.2, 0.25) is 0 Å². The second-order valence-corrected chi connectivity index (χ2v) is 16.4. The number of amides is 1. The Bertz CT molecular complexity index is 1020. The molecule has 0 saturated carbocycles. The zero-order valence-electron chi connectivity index (χ0n) is 20.8. The number of carbonyl (C=O) groups is 2. The first-order valence-electron chi connectivity index (χ1n) is 11.7. The van der Waals surface area contributed by atoms with E-state index in [1.807, 2.05) is 39.0 Å². The Morgan fingerprint density at radius 2 is 2.03 bits per heavy atom. The molecule has 2 aromatic rings. The van der Waals surface area contributed by atoms with Crippen LogP contribution in [0.4, 0.5) is 4.79 Å². The molecule has 3 rings (SSSR count). The van der Waals surface area contributed by atoms with Gasteiger partial charge in [0.05, 0.1) is 17.1 Å². The molecular formula is C25H37N3O4Si. The largest absolute Gasteiger partial charge is 0.444 e. The van der Waals surface area contributed by atoms with Gasteiger partial charge in [0.15, 0.2) is 0 Å². The molecule has 1 amide bonds. The minimum absolute atomic E-state index is 0.165. The van der Waals surface area contributed by atoms with Crippen molar-refractivity contribution < 1.29 is 19.1 Å². The molecule has 33 heavy (non-hydrogen) atoms. The Morgan fingerprint density at radius 1 is 1.27 bits per heavy atom. The summed E-state index contributed by atoms with van der Waals surface area (Å²) >= 11 is 0. The van der Waals surface area contributed by atoms with Crippen LogP contribution in [-0.2, 0) is 21.0 Å². The van der Waals surface area contributed by atoms with Gasteiger partial charge in [-0.3, -0.25) is 9.69 Å². The van der Waals surface area contributed by atoms with Crippen molar-refractivity contribution >= 4 is 37.6 Å². The molecule has 180 valence electrons. The normalized spacial score (nSPS) is 17.3. The maximum Gasteiger partial charge on any atom is 0.410 e. The van der Waals surface area contributed by atoms with E-state index in [4.69, 9.17) is 14.5 Å². The first-order valence-corrected chi connectivity index (χ1v) is 15.4. The SMILES string of the molecule is CC(C)(C)OC(=O)N1CCC[C@H]1c1nc2cc(C=CC=O)ccc2n1COCC[Si](C)(C)C. The second kappa shape index (κ2) is 10.2. The highest BCUT2D eigenvalue weighted by Gasteiger charge is 2.36. The summed E-state index contributed by atoms with van der Waals surface area (Å²) in [6.07, 6.45) is 5.42. The van der Waals surface area contributed by atoms with Crippen LogP contribution in [0.2, 0.25) is 25.7 Å². The minimum atomic E-state index is -1.20. The number of hydrogen-bond acceptors (Lipinski definition) is 5. The second-order valence-electron chi connectivity index (χ2n) is 10.8. The van der Waals surface area contributed by atoms with Gasteiger partial charge in [-0.05, 0) is 63.4 Å². The van der Waals surface area contributed by atoms with E-state index >= 15 is 0 Å². The third-order valence-corrected chi connectivity index (χ3v) is 7.27. The van der Waals surface area contributed by atoms with Crippen LogP contribution in [0.15, 0.2) is 24.3 Å². The fourth-order valence-corrected chi connectivity index (χ4v) is 4.67. The molecule has 1 atom stereocenters. The fourth-order valence-electron chi connectivity index (χ4n) is 3.92. The van der Waals surface area contributed by atoms with Crippen molar-refractivity contribution in [1.82, 2.24) is 14.5 Å². The summed E-state index contributed by atoms with van der Waals surface area (Å²) in [5, 5.41) is 0. The van der Waals surface area contributed by atoms with Crippen LogP contribution in [-0.4, -0.2) is 53.7 Å². The lowest BCUT2D eigenvalue weighted by Gasteiger charge is -2.28. The maximum absolute atomic E-state index is 12.9. The van der Waals surface area contributed by atoms with Crippen LogP contribution in [0.1, 0.15) is 51.0 Å². The van der Waals surface area contributed by atoms with Gasteiger partial charge in [-0.1, -0.05) is 31.8 Å². The van der Waals surface area contributed by atoms with Crippen molar-refractivity contribution in [1.29, 1.82) is 0 Å². The Morgan fingerprint density at radius 3 is 2.70 bits per heavy atom. The summed E-state index contributed by atoms with van der Waals surface area (Å²) < 4.78 is 13.8. The van der Waals surface area contributed by atoms with E-state index in [0.29, 0.717) is 19.9 Å². The van der Waals surface area contributed by atoms with Crippen LogP contribution >= 0.6 is 0 Å². The number of rotatable bonds is 8. The molecule has 8 heteroatoms. The molecule has 0 spiro atoms. The van der Waals surface area contributed by atoms with Crippen molar-refractivity contribution in [3.63, 3.8) is 0 Å². The summed E-state index contributed by atoms with van der Waals surface area (Å²) in [6.45, 7) is 14.4. The Balaban J connectivity index is 1.94. The minimum Gasteiger partial charge on any atom is -0.444 e. The third kappa shape index (κ3) is 6.77. The summed E-state index contributed by atoms with van der Waals surface area (Å²) in [6, 6.07) is 6.85. The third-order valence-electron chi connectivity index (χ3n) is 5.56. The van der Waals surface area contributed by atoms with E-state index in [2.05, 4.69) is 24.2 Å².